The van der Waals surface area contributed by atoms with Crippen LogP contribution in [0, 0.1) is 6.92 Å². The lowest BCUT2D eigenvalue weighted by atomic mass is 10.1. The molecule has 2 fully saturated rings. The first-order valence-electron chi connectivity index (χ1n) is 8.61. The zero-order valence-corrected chi connectivity index (χ0v) is 13.9. The molecule has 0 saturated carbocycles. The average Bonchev–Trinajstić information content (AvgIpc) is 2.55. The van der Waals surface area contributed by atoms with Crippen molar-refractivity contribution >= 4 is 11.6 Å². The highest BCUT2D eigenvalue weighted by molar-refractivity contribution is 5.78. The molecule has 2 saturated heterocycles. The third-order valence-corrected chi connectivity index (χ3v) is 4.84. The van der Waals surface area contributed by atoms with Gasteiger partial charge < -0.3 is 14.9 Å². The first-order chi connectivity index (χ1) is 11.1. The monoisotopic (exact) mass is 317 g/mol. The molecule has 23 heavy (non-hydrogen) atoms. The van der Waals surface area contributed by atoms with Gasteiger partial charge in [0.05, 0.1) is 12.6 Å². The van der Waals surface area contributed by atoms with Crippen molar-refractivity contribution in [3.63, 3.8) is 0 Å². The van der Waals surface area contributed by atoms with E-state index in [1.54, 1.807) is 0 Å². The molecule has 126 valence electrons. The molecule has 5 nitrogen and oxygen atoms in total. The second kappa shape index (κ2) is 7.32. The summed E-state index contributed by atoms with van der Waals surface area (Å²) in [6, 6.07) is 8.53. The van der Waals surface area contributed by atoms with E-state index in [1.807, 2.05) is 4.90 Å². The molecular formula is C18H27N3O2. The van der Waals surface area contributed by atoms with E-state index in [9.17, 15) is 9.90 Å². The van der Waals surface area contributed by atoms with Gasteiger partial charge in [0.2, 0.25) is 5.91 Å². The first kappa shape index (κ1) is 16.3. The Hall–Kier alpha value is -1.59. The number of hydrogen-bond acceptors (Lipinski definition) is 4. The first-order valence-corrected chi connectivity index (χ1v) is 8.61. The number of piperazine rings is 1. The third-order valence-electron chi connectivity index (χ3n) is 4.84. The van der Waals surface area contributed by atoms with E-state index in [2.05, 4.69) is 41.0 Å². The molecule has 5 heteroatoms. The normalized spacial score (nSPS) is 23.1. The number of aliphatic hydroxyl groups is 1. The number of nitrogens with zero attached hydrogens (tertiary/aromatic N) is 3. The molecule has 2 heterocycles. The molecule has 2 aliphatic rings. The van der Waals surface area contributed by atoms with Crippen LogP contribution in [0.1, 0.15) is 18.4 Å². The molecule has 0 unspecified atom stereocenters. The van der Waals surface area contributed by atoms with Gasteiger partial charge in [0.1, 0.15) is 0 Å². The second-order valence-electron chi connectivity index (χ2n) is 6.74. The van der Waals surface area contributed by atoms with E-state index in [0.29, 0.717) is 13.1 Å². The Morgan fingerprint density at radius 1 is 1.22 bits per heavy atom. The van der Waals surface area contributed by atoms with Gasteiger partial charge in [-0.25, -0.2) is 0 Å². The summed E-state index contributed by atoms with van der Waals surface area (Å²) >= 11 is 0. The van der Waals surface area contributed by atoms with Crippen molar-refractivity contribution in [2.75, 3.05) is 50.7 Å². The van der Waals surface area contributed by atoms with E-state index in [-0.39, 0.29) is 12.0 Å². The van der Waals surface area contributed by atoms with Crippen LogP contribution in [0.25, 0.3) is 0 Å². The van der Waals surface area contributed by atoms with Crippen LogP contribution in [-0.4, -0.2) is 72.7 Å². The highest BCUT2D eigenvalue weighted by atomic mass is 16.3. The van der Waals surface area contributed by atoms with Crippen LogP contribution < -0.4 is 4.90 Å². The smallest absolute Gasteiger partial charge is 0.236 e. The van der Waals surface area contributed by atoms with Gasteiger partial charge in [0.15, 0.2) is 0 Å². The zero-order chi connectivity index (χ0) is 16.2. The predicted molar refractivity (Wildman–Crippen MR) is 91.7 cm³/mol. The minimum atomic E-state index is -0.269. The van der Waals surface area contributed by atoms with Gasteiger partial charge in [-0.15, -0.1) is 0 Å². The average molecular weight is 317 g/mol. The molecule has 0 bridgehead atoms. The Balaban J connectivity index is 1.49. The number of anilines is 1. The summed E-state index contributed by atoms with van der Waals surface area (Å²) in [6.45, 7) is 7.45. The van der Waals surface area contributed by atoms with Crippen molar-refractivity contribution in [2.45, 2.75) is 25.9 Å². The van der Waals surface area contributed by atoms with Crippen LogP contribution in [0.15, 0.2) is 24.3 Å². The van der Waals surface area contributed by atoms with Crippen molar-refractivity contribution in [3.05, 3.63) is 29.8 Å². The van der Waals surface area contributed by atoms with E-state index >= 15 is 0 Å². The Bertz CT molecular complexity index is 541. The maximum atomic E-state index is 12.5. The fraction of sp³-hybridized carbons (Fsp3) is 0.611. The number of benzene rings is 1. The van der Waals surface area contributed by atoms with Gasteiger partial charge in [0, 0.05) is 38.4 Å². The number of piperidine rings is 1. The molecule has 0 aliphatic carbocycles. The predicted octanol–water partition coefficient (Wildman–Crippen LogP) is 1.10. The van der Waals surface area contributed by atoms with Gasteiger partial charge in [0.25, 0.3) is 0 Å². The second-order valence-corrected chi connectivity index (χ2v) is 6.74. The molecular weight excluding hydrogens is 290 g/mol. The summed E-state index contributed by atoms with van der Waals surface area (Å²) < 4.78 is 0. The summed E-state index contributed by atoms with van der Waals surface area (Å²) in [7, 11) is 0. The minimum absolute atomic E-state index is 0.197. The number of aliphatic hydroxyl groups excluding tert-OH is 1. The maximum absolute atomic E-state index is 12.5. The van der Waals surface area contributed by atoms with E-state index in [4.69, 9.17) is 0 Å². The molecule has 1 amide bonds. The quantitative estimate of drug-likeness (QED) is 0.907. The highest BCUT2D eigenvalue weighted by Crippen LogP contribution is 2.18. The summed E-state index contributed by atoms with van der Waals surface area (Å²) in [4.78, 5) is 18.9. The minimum Gasteiger partial charge on any atom is -0.392 e. The summed E-state index contributed by atoms with van der Waals surface area (Å²) in [5.41, 5.74) is 2.51. The topological polar surface area (TPSA) is 47.0 Å². The summed E-state index contributed by atoms with van der Waals surface area (Å²) in [5, 5.41) is 9.71. The Labute approximate surface area is 138 Å². The van der Waals surface area contributed by atoms with Gasteiger partial charge in [-0.3, -0.25) is 9.69 Å². The van der Waals surface area contributed by atoms with E-state index < -0.39 is 0 Å². The fourth-order valence-corrected chi connectivity index (χ4v) is 3.50. The number of rotatable bonds is 3. The van der Waals surface area contributed by atoms with Crippen molar-refractivity contribution in [1.82, 2.24) is 9.80 Å². The standard InChI is InChI=1S/C18H27N3O2/c1-15-4-2-5-16(12-15)20-8-10-21(11-9-20)18(23)14-19-7-3-6-17(22)13-19/h2,4-5,12,17,22H,3,6-11,13-14H2,1H3/t17-/m0/s1. The van der Waals surface area contributed by atoms with E-state index in [0.717, 1.165) is 45.6 Å². The van der Waals surface area contributed by atoms with Crippen LogP contribution >= 0.6 is 0 Å². The Morgan fingerprint density at radius 3 is 2.70 bits per heavy atom. The van der Waals surface area contributed by atoms with Crippen LogP contribution in [0.4, 0.5) is 5.69 Å². The van der Waals surface area contributed by atoms with Gasteiger partial charge in [-0.05, 0) is 44.0 Å². The molecule has 3 rings (SSSR count). The van der Waals surface area contributed by atoms with Crippen molar-refractivity contribution in [2.24, 2.45) is 0 Å². The van der Waals surface area contributed by atoms with Crippen molar-refractivity contribution < 1.29 is 9.90 Å². The van der Waals surface area contributed by atoms with Crippen molar-refractivity contribution in [3.8, 4) is 0 Å². The molecule has 1 aromatic carbocycles. The third kappa shape index (κ3) is 4.24. The van der Waals surface area contributed by atoms with Crippen LogP contribution in [0.3, 0.4) is 0 Å². The molecule has 1 atom stereocenters. The fourth-order valence-electron chi connectivity index (χ4n) is 3.50. The molecule has 0 aromatic heterocycles. The Kier molecular flexibility index (Phi) is 5.18. The lowest BCUT2D eigenvalue weighted by Gasteiger charge is -2.38. The largest absolute Gasteiger partial charge is 0.392 e. The molecule has 1 N–H and O–H groups in total. The summed E-state index contributed by atoms with van der Waals surface area (Å²) in [5.74, 6) is 0.197. The molecule has 0 radical (unpaired) electrons. The molecule has 2 aliphatic heterocycles. The maximum Gasteiger partial charge on any atom is 0.236 e. The highest BCUT2D eigenvalue weighted by Gasteiger charge is 2.25. The van der Waals surface area contributed by atoms with Gasteiger partial charge in [-0.2, -0.15) is 0 Å². The zero-order valence-electron chi connectivity index (χ0n) is 13.9. The number of likely N-dealkylation sites (tertiary alicyclic amines) is 1. The lowest BCUT2D eigenvalue weighted by molar-refractivity contribution is -0.133. The van der Waals surface area contributed by atoms with Crippen LogP contribution in [0.5, 0.6) is 0 Å². The van der Waals surface area contributed by atoms with E-state index in [1.165, 1.54) is 11.3 Å². The molecule has 1 aromatic rings. The van der Waals surface area contributed by atoms with Gasteiger partial charge in [-0.1, -0.05) is 12.1 Å². The number of amides is 1. The SMILES string of the molecule is Cc1cccc(N2CCN(C(=O)CN3CCC[C@H](O)C3)CC2)c1. The molecule has 0 spiro atoms. The number of carbonyl (C=O) groups excluding carboxylic acids is 1. The van der Waals surface area contributed by atoms with Crippen molar-refractivity contribution in [1.29, 1.82) is 0 Å². The Morgan fingerprint density at radius 2 is 2.00 bits per heavy atom. The number of aryl methyl sites for hydroxylation is 1. The number of hydrogen-bond donors (Lipinski definition) is 1. The summed E-state index contributed by atoms with van der Waals surface area (Å²) in [6.07, 6.45) is 1.57. The van der Waals surface area contributed by atoms with Gasteiger partial charge >= 0.3 is 0 Å². The van der Waals surface area contributed by atoms with Crippen LogP contribution in [-0.2, 0) is 4.79 Å². The lowest BCUT2D eigenvalue weighted by Crippen LogP contribution is -2.52. The number of β-amino-alcohol motifs (C(OH)–C–C–N with tert-alkyl or cyclic N) is 1. The number of carbonyl (C=O) groups is 1. The van der Waals surface area contributed by atoms with Crippen LogP contribution in [0.2, 0.25) is 0 Å².